The number of para-hydroxylation sites is 1. The number of aromatic nitrogens is 1. The van der Waals surface area contributed by atoms with E-state index >= 15 is 0 Å². The first-order valence-electron chi connectivity index (χ1n) is 10.8. The van der Waals surface area contributed by atoms with Crippen molar-refractivity contribution in [2.75, 3.05) is 19.6 Å². The molecule has 1 aliphatic heterocycles. The van der Waals surface area contributed by atoms with Gasteiger partial charge in [-0.05, 0) is 62.5 Å². The molecule has 1 aliphatic carbocycles. The van der Waals surface area contributed by atoms with Crippen molar-refractivity contribution in [3.8, 4) is 0 Å². The number of nitrogens with zero attached hydrogens (tertiary/aromatic N) is 2. The predicted molar refractivity (Wildman–Crippen MR) is 116 cm³/mol. The molecule has 0 fully saturated rings. The quantitative estimate of drug-likeness (QED) is 0.651. The van der Waals surface area contributed by atoms with Crippen LogP contribution in [0.5, 0.6) is 0 Å². The second-order valence-electron chi connectivity index (χ2n) is 8.12. The van der Waals surface area contributed by atoms with Crippen molar-refractivity contribution in [2.24, 2.45) is 0 Å². The van der Waals surface area contributed by atoms with Crippen LogP contribution in [-0.2, 0) is 19.4 Å². The summed E-state index contributed by atoms with van der Waals surface area (Å²) in [4.78, 5) is 27.8. The van der Waals surface area contributed by atoms with Gasteiger partial charge in [-0.1, -0.05) is 32.0 Å². The molecule has 0 spiro atoms. The molecule has 3 aromatic rings. The zero-order chi connectivity index (χ0) is 20.1. The van der Waals surface area contributed by atoms with Gasteiger partial charge < -0.3 is 9.47 Å². The summed E-state index contributed by atoms with van der Waals surface area (Å²) in [6, 6.07) is 8.33. The maximum atomic E-state index is 12.8. The second kappa shape index (κ2) is 6.99. The number of amides is 2. The van der Waals surface area contributed by atoms with Crippen LogP contribution in [0.2, 0.25) is 0 Å². The number of aryl methyl sites for hydroxylation is 2. The van der Waals surface area contributed by atoms with Gasteiger partial charge in [0.25, 0.3) is 11.8 Å². The molecule has 1 N–H and O–H groups in total. The van der Waals surface area contributed by atoms with Crippen LogP contribution >= 0.6 is 0 Å². The van der Waals surface area contributed by atoms with Crippen LogP contribution in [-0.4, -0.2) is 40.9 Å². The summed E-state index contributed by atoms with van der Waals surface area (Å²) in [5.41, 5.74) is 5.97. The van der Waals surface area contributed by atoms with Crippen molar-refractivity contribution in [1.82, 2.24) is 14.8 Å². The van der Waals surface area contributed by atoms with Gasteiger partial charge >= 0.3 is 0 Å². The van der Waals surface area contributed by atoms with Gasteiger partial charge in [0.05, 0.1) is 16.6 Å². The van der Waals surface area contributed by atoms with E-state index in [0.29, 0.717) is 11.1 Å². The number of imide groups is 1. The normalized spacial score (nSPS) is 15.6. The van der Waals surface area contributed by atoms with E-state index in [1.807, 2.05) is 6.07 Å². The van der Waals surface area contributed by atoms with Gasteiger partial charge in [-0.15, -0.1) is 0 Å². The molecule has 0 atom stereocenters. The van der Waals surface area contributed by atoms with Crippen molar-refractivity contribution in [3.63, 3.8) is 0 Å². The van der Waals surface area contributed by atoms with Gasteiger partial charge in [-0.2, -0.15) is 0 Å². The lowest BCUT2D eigenvalue weighted by atomic mass is 9.93. The predicted octanol–water partition coefficient (Wildman–Crippen LogP) is 3.90. The average molecular weight is 389 g/mol. The molecule has 0 saturated heterocycles. The minimum Gasteiger partial charge on any atom is -0.340 e. The largest absolute Gasteiger partial charge is 0.340 e. The minimum absolute atomic E-state index is 0.219. The Hall–Kier alpha value is -2.66. The fraction of sp³-hybridized carbons (Fsp3) is 0.417. The van der Waals surface area contributed by atoms with Gasteiger partial charge in [0, 0.05) is 22.8 Å². The molecular weight excluding hydrogens is 362 g/mol. The van der Waals surface area contributed by atoms with E-state index in [-0.39, 0.29) is 11.8 Å². The zero-order valence-electron chi connectivity index (χ0n) is 17.2. The van der Waals surface area contributed by atoms with Crippen LogP contribution in [0.3, 0.4) is 0 Å². The highest BCUT2D eigenvalue weighted by atomic mass is 16.2. The van der Waals surface area contributed by atoms with E-state index in [9.17, 15) is 9.59 Å². The molecule has 0 bridgehead atoms. The third kappa shape index (κ3) is 2.64. The number of hydrogen-bond acceptors (Lipinski definition) is 3. The van der Waals surface area contributed by atoms with Crippen LogP contribution in [0.25, 0.3) is 21.8 Å². The van der Waals surface area contributed by atoms with E-state index < -0.39 is 0 Å². The highest BCUT2D eigenvalue weighted by molar-refractivity contribution is 6.31. The SMILES string of the molecule is CCN(CC)CCCn1c2ccccc2c2c3c(c4c(c21)CCC4)C(=O)NC3=O. The topological polar surface area (TPSA) is 54.3 Å². The number of rotatable bonds is 6. The highest BCUT2D eigenvalue weighted by Crippen LogP contribution is 2.42. The first-order valence-corrected chi connectivity index (χ1v) is 10.8. The fourth-order valence-corrected chi connectivity index (χ4v) is 5.36. The molecule has 2 heterocycles. The van der Waals surface area contributed by atoms with Gasteiger partial charge in [-0.3, -0.25) is 14.9 Å². The lowest BCUT2D eigenvalue weighted by Crippen LogP contribution is -2.24. The Labute approximate surface area is 170 Å². The van der Waals surface area contributed by atoms with Crippen molar-refractivity contribution in [2.45, 2.75) is 46.1 Å². The number of carbonyl (C=O) groups is 2. The molecule has 5 nitrogen and oxygen atoms in total. The molecular formula is C24H27N3O2. The Bertz CT molecular complexity index is 1150. The summed E-state index contributed by atoms with van der Waals surface area (Å²) >= 11 is 0. The van der Waals surface area contributed by atoms with Crippen LogP contribution < -0.4 is 5.32 Å². The van der Waals surface area contributed by atoms with Crippen LogP contribution in [0, 0.1) is 0 Å². The van der Waals surface area contributed by atoms with Crippen molar-refractivity contribution in [3.05, 3.63) is 46.5 Å². The third-order valence-electron chi connectivity index (χ3n) is 6.71. The molecule has 0 radical (unpaired) electrons. The molecule has 5 rings (SSSR count). The van der Waals surface area contributed by atoms with Gasteiger partial charge in [0.2, 0.25) is 0 Å². The van der Waals surface area contributed by atoms with Crippen molar-refractivity contribution in [1.29, 1.82) is 0 Å². The molecule has 5 heteroatoms. The molecule has 1 aromatic heterocycles. The van der Waals surface area contributed by atoms with E-state index in [2.05, 4.69) is 46.8 Å². The minimum atomic E-state index is -0.240. The number of benzene rings is 2. The Kier molecular flexibility index (Phi) is 4.43. The molecule has 2 aliphatic rings. The van der Waals surface area contributed by atoms with E-state index in [4.69, 9.17) is 0 Å². The summed E-state index contributed by atoms with van der Waals surface area (Å²) < 4.78 is 2.41. The summed E-state index contributed by atoms with van der Waals surface area (Å²) in [5, 5.41) is 4.62. The molecule has 2 amide bonds. The van der Waals surface area contributed by atoms with E-state index in [1.54, 1.807) is 0 Å². The summed E-state index contributed by atoms with van der Waals surface area (Å²) in [5.74, 6) is -0.459. The van der Waals surface area contributed by atoms with Crippen molar-refractivity contribution >= 4 is 33.6 Å². The van der Waals surface area contributed by atoms with Crippen LogP contribution in [0.1, 0.15) is 58.5 Å². The number of fused-ring (bicyclic) bond motifs is 8. The number of carbonyl (C=O) groups excluding carboxylic acids is 2. The third-order valence-corrected chi connectivity index (χ3v) is 6.71. The fourth-order valence-electron chi connectivity index (χ4n) is 5.36. The molecule has 2 aromatic carbocycles. The summed E-state index contributed by atoms with van der Waals surface area (Å²) in [6.07, 6.45) is 3.97. The van der Waals surface area contributed by atoms with Gasteiger partial charge in [0.15, 0.2) is 0 Å². The number of hydrogen-bond donors (Lipinski definition) is 1. The van der Waals surface area contributed by atoms with Crippen molar-refractivity contribution < 1.29 is 9.59 Å². The average Bonchev–Trinajstić information content (AvgIpc) is 3.40. The first kappa shape index (κ1) is 18.4. The lowest BCUT2D eigenvalue weighted by Gasteiger charge is -2.19. The molecule has 0 unspecified atom stereocenters. The monoisotopic (exact) mass is 389 g/mol. The molecule has 0 saturated carbocycles. The zero-order valence-corrected chi connectivity index (χ0v) is 17.2. The standard InChI is InChI=1S/C24H27N3O2/c1-3-26(4-2)13-8-14-27-18-12-6-5-9-17(18)19-21-20(23(28)25-24(21)29)15-10-7-11-16(15)22(19)27/h5-6,9,12H,3-4,7-8,10-11,13-14H2,1-2H3,(H,25,28,29). The van der Waals surface area contributed by atoms with Crippen LogP contribution in [0.15, 0.2) is 24.3 Å². The molecule has 29 heavy (non-hydrogen) atoms. The van der Waals surface area contributed by atoms with E-state index in [1.165, 1.54) is 11.1 Å². The van der Waals surface area contributed by atoms with Gasteiger partial charge in [0.1, 0.15) is 0 Å². The Balaban J connectivity index is 1.75. The Morgan fingerprint density at radius 1 is 1.00 bits per heavy atom. The van der Waals surface area contributed by atoms with E-state index in [0.717, 1.165) is 73.7 Å². The second-order valence-corrected chi connectivity index (χ2v) is 8.12. The Morgan fingerprint density at radius 2 is 1.72 bits per heavy atom. The van der Waals surface area contributed by atoms with Gasteiger partial charge in [-0.25, -0.2) is 0 Å². The number of nitrogens with one attached hydrogen (secondary N) is 1. The maximum Gasteiger partial charge on any atom is 0.259 e. The highest BCUT2D eigenvalue weighted by Gasteiger charge is 2.37. The lowest BCUT2D eigenvalue weighted by molar-refractivity contribution is 0.0880. The maximum absolute atomic E-state index is 12.8. The summed E-state index contributed by atoms with van der Waals surface area (Å²) in [6.45, 7) is 8.52. The molecule has 150 valence electrons. The van der Waals surface area contributed by atoms with Crippen LogP contribution in [0.4, 0.5) is 0 Å². The smallest absolute Gasteiger partial charge is 0.259 e. The summed E-state index contributed by atoms with van der Waals surface area (Å²) in [7, 11) is 0. The Morgan fingerprint density at radius 3 is 2.52 bits per heavy atom. The first-order chi connectivity index (χ1) is 14.2.